The zero-order chi connectivity index (χ0) is 15.7. The second-order valence-electron chi connectivity index (χ2n) is 5.28. The first-order valence-corrected chi connectivity index (χ1v) is 6.92. The standard InChI is InChI=1S/C14H14N2O6/c17-13(12-6-5-11-7-15(12)14(18)22-11)21-8-9-1-3-10(4-2-9)16(19)20/h1-4,11-12H,5-8H2/t11-,12?/m0/s1. The number of rotatable bonds is 4. The van der Waals surface area contributed by atoms with Gasteiger partial charge in [-0.05, 0) is 30.5 Å². The summed E-state index contributed by atoms with van der Waals surface area (Å²) in [4.78, 5) is 35.1. The molecule has 1 unspecified atom stereocenters. The number of carbonyl (C=O) groups excluding carboxylic acids is 2. The topological polar surface area (TPSA) is 99.0 Å². The lowest BCUT2D eigenvalue weighted by molar-refractivity contribution is -0.384. The van der Waals surface area contributed by atoms with Crippen LogP contribution in [0.1, 0.15) is 18.4 Å². The first-order chi connectivity index (χ1) is 10.5. The van der Waals surface area contributed by atoms with Gasteiger partial charge in [0.25, 0.3) is 5.69 Å². The number of hydrogen-bond donors (Lipinski definition) is 0. The normalized spacial score (nSPS) is 23.1. The molecule has 2 heterocycles. The molecule has 0 spiro atoms. The van der Waals surface area contributed by atoms with Gasteiger partial charge in [0.1, 0.15) is 18.8 Å². The van der Waals surface area contributed by atoms with E-state index in [0.29, 0.717) is 24.9 Å². The molecule has 0 aromatic heterocycles. The fourth-order valence-electron chi connectivity index (χ4n) is 2.66. The van der Waals surface area contributed by atoms with Crippen molar-refractivity contribution in [3.05, 3.63) is 39.9 Å². The summed E-state index contributed by atoms with van der Waals surface area (Å²) >= 11 is 0. The van der Waals surface area contributed by atoms with Crippen molar-refractivity contribution in [1.82, 2.24) is 4.90 Å². The van der Waals surface area contributed by atoms with Gasteiger partial charge in [-0.1, -0.05) is 0 Å². The Morgan fingerprint density at radius 2 is 2.09 bits per heavy atom. The molecule has 1 aromatic carbocycles. The molecule has 1 aromatic rings. The number of piperidine rings is 1. The minimum absolute atomic E-state index is 0.0135. The molecule has 22 heavy (non-hydrogen) atoms. The van der Waals surface area contributed by atoms with Crippen molar-refractivity contribution >= 4 is 17.7 Å². The molecule has 116 valence electrons. The Labute approximate surface area is 125 Å². The van der Waals surface area contributed by atoms with E-state index < -0.39 is 23.0 Å². The van der Waals surface area contributed by atoms with E-state index >= 15 is 0 Å². The lowest BCUT2D eigenvalue weighted by Crippen LogP contribution is -2.45. The number of esters is 1. The number of carbonyl (C=O) groups is 2. The molecule has 2 bridgehead atoms. The van der Waals surface area contributed by atoms with Gasteiger partial charge < -0.3 is 9.47 Å². The monoisotopic (exact) mass is 306 g/mol. The first-order valence-electron chi connectivity index (χ1n) is 6.92. The molecular weight excluding hydrogens is 292 g/mol. The average molecular weight is 306 g/mol. The third-order valence-corrected chi connectivity index (χ3v) is 3.84. The van der Waals surface area contributed by atoms with Gasteiger partial charge in [0, 0.05) is 12.1 Å². The minimum atomic E-state index is -0.607. The van der Waals surface area contributed by atoms with Gasteiger partial charge in [-0.25, -0.2) is 9.59 Å². The average Bonchev–Trinajstić information content (AvgIpc) is 2.80. The summed E-state index contributed by atoms with van der Waals surface area (Å²) in [5, 5.41) is 10.6. The molecule has 8 nitrogen and oxygen atoms in total. The van der Waals surface area contributed by atoms with Gasteiger partial charge in [0.05, 0.1) is 11.5 Å². The van der Waals surface area contributed by atoms with E-state index in [-0.39, 0.29) is 18.4 Å². The SMILES string of the molecule is O=C(OCc1ccc([N+](=O)[O-])cc1)C1CC[C@H]2CN1C(=O)O2. The van der Waals surface area contributed by atoms with Gasteiger partial charge in [-0.3, -0.25) is 15.0 Å². The van der Waals surface area contributed by atoms with E-state index in [9.17, 15) is 19.7 Å². The van der Waals surface area contributed by atoms with Crippen molar-refractivity contribution in [1.29, 1.82) is 0 Å². The van der Waals surface area contributed by atoms with E-state index in [2.05, 4.69) is 0 Å². The zero-order valence-corrected chi connectivity index (χ0v) is 11.6. The highest BCUT2D eigenvalue weighted by atomic mass is 16.6. The molecule has 0 radical (unpaired) electrons. The van der Waals surface area contributed by atoms with Crippen LogP contribution in [0, 0.1) is 10.1 Å². The van der Waals surface area contributed by atoms with Crippen LogP contribution in [-0.4, -0.2) is 40.6 Å². The molecule has 2 fully saturated rings. The summed E-state index contributed by atoms with van der Waals surface area (Å²) in [7, 11) is 0. The third-order valence-electron chi connectivity index (χ3n) is 3.84. The largest absolute Gasteiger partial charge is 0.459 e. The predicted molar refractivity (Wildman–Crippen MR) is 72.9 cm³/mol. The highest BCUT2D eigenvalue weighted by Crippen LogP contribution is 2.27. The van der Waals surface area contributed by atoms with Crippen molar-refractivity contribution < 1.29 is 24.0 Å². The molecule has 2 saturated heterocycles. The number of ether oxygens (including phenoxy) is 2. The smallest absolute Gasteiger partial charge is 0.410 e. The number of nitro groups is 1. The molecular formula is C14H14N2O6. The second-order valence-corrected chi connectivity index (χ2v) is 5.28. The maximum atomic E-state index is 12.1. The minimum Gasteiger partial charge on any atom is -0.459 e. The van der Waals surface area contributed by atoms with Gasteiger partial charge >= 0.3 is 12.1 Å². The van der Waals surface area contributed by atoms with Crippen molar-refractivity contribution in [3.63, 3.8) is 0 Å². The second kappa shape index (κ2) is 5.63. The van der Waals surface area contributed by atoms with E-state index in [1.807, 2.05) is 0 Å². The maximum absolute atomic E-state index is 12.1. The number of nitro benzene ring substituents is 1. The summed E-state index contributed by atoms with van der Waals surface area (Å²) in [6, 6.07) is 5.17. The number of amides is 1. The van der Waals surface area contributed by atoms with Crippen LogP contribution in [0.25, 0.3) is 0 Å². The predicted octanol–water partition coefficient (Wildman–Crippen LogP) is 1.62. The quantitative estimate of drug-likeness (QED) is 0.476. The lowest BCUT2D eigenvalue weighted by Gasteiger charge is -2.27. The van der Waals surface area contributed by atoms with Crippen LogP contribution in [0.5, 0.6) is 0 Å². The van der Waals surface area contributed by atoms with Crippen LogP contribution < -0.4 is 0 Å². The van der Waals surface area contributed by atoms with E-state index in [1.54, 1.807) is 0 Å². The molecule has 8 heteroatoms. The molecule has 0 aliphatic carbocycles. The van der Waals surface area contributed by atoms with E-state index in [0.717, 1.165) is 0 Å². The summed E-state index contributed by atoms with van der Waals surface area (Å²) in [6.07, 6.45) is 0.584. The van der Waals surface area contributed by atoms with Crippen LogP contribution in [0.4, 0.5) is 10.5 Å². The summed E-state index contributed by atoms with van der Waals surface area (Å²) in [5.41, 5.74) is 0.629. The van der Waals surface area contributed by atoms with Crippen molar-refractivity contribution in [2.24, 2.45) is 0 Å². The van der Waals surface area contributed by atoms with E-state index in [1.165, 1.54) is 29.2 Å². The first kappa shape index (κ1) is 14.3. The van der Waals surface area contributed by atoms with Crippen LogP contribution in [0.2, 0.25) is 0 Å². The maximum Gasteiger partial charge on any atom is 0.410 e. The number of non-ortho nitro benzene ring substituents is 1. The number of nitrogens with zero attached hydrogens (tertiary/aromatic N) is 2. The Morgan fingerprint density at radius 3 is 2.77 bits per heavy atom. The molecule has 0 saturated carbocycles. The highest BCUT2D eigenvalue weighted by Gasteiger charge is 2.44. The molecule has 2 aliphatic heterocycles. The molecule has 3 rings (SSSR count). The Bertz CT molecular complexity index is 614. The van der Waals surface area contributed by atoms with Gasteiger partial charge in [-0.15, -0.1) is 0 Å². The van der Waals surface area contributed by atoms with Gasteiger partial charge in [0.15, 0.2) is 0 Å². The fraction of sp³-hybridized carbons (Fsp3) is 0.429. The fourth-order valence-corrected chi connectivity index (χ4v) is 2.66. The molecule has 0 N–H and O–H groups in total. The number of fused-ring (bicyclic) bond motifs is 2. The molecule has 2 atom stereocenters. The molecule has 2 aliphatic rings. The van der Waals surface area contributed by atoms with Crippen LogP contribution >= 0.6 is 0 Å². The Morgan fingerprint density at radius 1 is 1.36 bits per heavy atom. The Kier molecular flexibility index (Phi) is 3.66. The van der Waals surface area contributed by atoms with Gasteiger partial charge in [0.2, 0.25) is 0 Å². The van der Waals surface area contributed by atoms with Crippen molar-refractivity contribution in [3.8, 4) is 0 Å². The lowest BCUT2D eigenvalue weighted by atomic mass is 10.0. The van der Waals surface area contributed by atoms with E-state index in [4.69, 9.17) is 9.47 Å². The van der Waals surface area contributed by atoms with Crippen molar-refractivity contribution in [2.75, 3.05) is 6.54 Å². The van der Waals surface area contributed by atoms with Gasteiger partial charge in [-0.2, -0.15) is 0 Å². The Hall–Kier alpha value is -2.64. The summed E-state index contributed by atoms with van der Waals surface area (Å²) in [5.74, 6) is -0.476. The molecule has 1 amide bonds. The number of hydrogen-bond acceptors (Lipinski definition) is 6. The summed E-state index contributed by atoms with van der Waals surface area (Å²) < 4.78 is 10.3. The van der Waals surface area contributed by atoms with Crippen LogP contribution in [0.15, 0.2) is 24.3 Å². The van der Waals surface area contributed by atoms with Crippen LogP contribution in [-0.2, 0) is 20.9 Å². The third kappa shape index (κ3) is 2.72. The van der Waals surface area contributed by atoms with Crippen LogP contribution in [0.3, 0.4) is 0 Å². The van der Waals surface area contributed by atoms with Crippen molar-refractivity contribution in [2.45, 2.75) is 31.6 Å². The zero-order valence-electron chi connectivity index (χ0n) is 11.6. The highest BCUT2D eigenvalue weighted by molar-refractivity contribution is 5.83. The summed E-state index contributed by atoms with van der Waals surface area (Å²) in [6.45, 7) is 0.440. The number of benzene rings is 1. The Balaban J connectivity index is 1.58.